The van der Waals surface area contributed by atoms with E-state index in [4.69, 9.17) is 32.9 Å². The molecule has 2 amide bonds. The molecule has 2 heterocycles. The molecule has 0 spiro atoms. The maximum absolute atomic E-state index is 12.6. The van der Waals surface area contributed by atoms with Crippen LogP contribution >= 0.6 is 23.2 Å². The molecule has 10 heteroatoms. The second-order valence-corrected chi connectivity index (χ2v) is 8.74. The quantitative estimate of drug-likeness (QED) is 0.215. The van der Waals surface area contributed by atoms with Crippen molar-refractivity contribution in [2.45, 2.75) is 6.92 Å². The number of nitrogens with zero attached hydrogens (tertiary/aromatic N) is 3. The molecule has 0 bridgehead atoms. The molecule has 0 saturated heterocycles. The predicted molar refractivity (Wildman–Crippen MR) is 146 cm³/mol. The van der Waals surface area contributed by atoms with Crippen LogP contribution in [0.3, 0.4) is 0 Å². The van der Waals surface area contributed by atoms with Crippen molar-refractivity contribution in [1.82, 2.24) is 15.0 Å². The van der Waals surface area contributed by atoms with Crippen LogP contribution in [0.1, 0.15) is 6.92 Å². The maximum Gasteiger partial charge on any atom is 0.323 e. The van der Waals surface area contributed by atoms with E-state index in [-0.39, 0.29) is 0 Å². The summed E-state index contributed by atoms with van der Waals surface area (Å²) in [5, 5.41) is 6.40. The number of carbonyl (C=O) groups excluding carboxylic acids is 1. The first kappa shape index (κ1) is 25.5. The highest BCUT2D eigenvalue weighted by atomic mass is 35.5. The second-order valence-electron chi connectivity index (χ2n) is 7.93. The van der Waals surface area contributed by atoms with Gasteiger partial charge in [0.1, 0.15) is 0 Å². The highest BCUT2D eigenvalue weighted by molar-refractivity contribution is 6.42. The number of benzene rings is 2. The Morgan fingerprint density at radius 3 is 2.47 bits per heavy atom. The molecule has 0 saturated carbocycles. The zero-order chi connectivity index (χ0) is 25.5. The topological polar surface area (TPSA) is 95.2 Å². The Morgan fingerprint density at radius 1 is 1.00 bits per heavy atom. The number of pyridine rings is 1. The van der Waals surface area contributed by atoms with Crippen molar-refractivity contribution in [3.8, 4) is 22.5 Å². The van der Waals surface area contributed by atoms with Crippen molar-refractivity contribution < 1.29 is 9.53 Å². The number of aromatic nitrogens is 3. The van der Waals surface area contributed by atoms with Gasteiger partial charge in [0.25, 0.3) is 0 Å². The number of hydrogen-bond acceptors (Lipinski definition) is 5. The number of amides is 2. The summed E-state index contributed by atoms with van der Waals surface area (Å²) in [5.74, 6) is 0.715. The fourth-order valence-electron chi connectivity index (χ4n) is 3.54. The number of aromatic amines is 1. The summed E-state index contributed by atoms with van der Waals surface area (Å²) in [6.07, 6.45) is 3.48. The molecular formula is C26H26Cl2N6O2. The summed E-state index contributed by atoms with van der Waals surface area (Å²) < 4.78 is 5.49. The Labute approximate surface area is 219 Å². The molecule has 4 aromatic rings. The molecule has 0 unspecified atom stereocenters. The molecule has 0 radical (unpaired) electrons. The minimum absolute atomic E-state index is 0.362. The zero-order valence-corrected chi connectivity index (χ0v) is 21.4. The van der Waals surface area contributed by atoms with Crippen molar-refractivity contribution in [2.75, 3.05) is 42.3 Å². The van der Waals surface area contributed by atoms with E-state index in [0.29, 0.717) is 47.1 Å². The molecule has 8 nitrogen and oxygen atoms in total. The molecule has 36 heavy (non-hydrogen) atoms. The first-order valence-corrected chi connectivity index (χ1v) is 12.1. The minimum Gasteiger partial charge on any atom is -0.380 e. The van der Waals surface area contributed by atoms with E-state index in [9.17, 15) is 4.79 Å². The monoisotopic (exact) mass is 524 g/mol. The van der Waals surface area contributed by atoms with Crippen LogP contribution in [0.25, 0.3) is 22.5 Å². The van der Waals surface area contributed by atoms with Gasteiger partial charge in [-0.2, -0.15) is 0 Å². The van der Waals surface area contributed by atoms with Crippen LogP contribution in [0.2, 0.25) is 10.0 Å². The number of hydrogen-bond donors (Lipinski definition) is 3. The van der Waals surface area contributed by atoms with Crippen LogP contribution < -0.4 is 15.5 Å². The molecule has 2 aromatic heterocycles. The highest BCUT2D eigenvalue weighted by Crippen LogP contribution is 2.33. The van der Waals surface area contributed by atoms with Crippen LogP contribution in [0.5, 0.6) is 0 Å². The predicted octanol–water partition coefficient (Wildman–Crippen LogP) is 6.56. The third-order valence-electron chi connectivity index (χ3n) is 5.37. The number of halogens is 2. The second kappa shape index (κ2) is 11.9. The molecule has 186 valence electrons. The van der Waals surface area contributed by atoms with Gasteiger partial charge in [0.05, 0.1) is 28.0 Å². The SMILES string of the molecule is CCOCCN(C)c1nc(-c2cccc(NC(=O)Nc3ccc(Cl)c(Cl)c3)c2)c(-c2ccncc2)[nH]1. The van der Waals surface area contributed by atoms with Gasteiger partial charge in [-0.1, -0.05) is 35.3 Å². The standard InChI is InChI=1S/C26H26Cl2N6O2/c1-3-36-14-13-34(2)25-32-23(17-9-11-29-12-10-17)24(33-25)18-5-4-6-19(15-18)30-26(35)31-20-7-8-21(27)22(28)16-20/h4-12,15-16H,3,13-14H2,1-2H3,(H,32,33)(H2,30,31,35). The summed E-state index contributed by atoms with van der Waals surface area (Å²) in [7, 11) is 1.96. The van der Waals surface area contributed by atoms with E-state index >= 15 is 0 Å². The van der Waals surface area contributed by atoms with Crippen LogP contribution in [-0.4, -0.2) is 47.8 Å². The summed E-state index contributed by atoms with van der Waals surface area (Å²) in [5.41, 5.74) is 4.55. The van der Waals surface area contributed by atoms with Crippen molar-refractivity contribution in [2.24, 2.45) is 0 Å². The fraction of sp³-hybridized carbons (Fsp3) is 0.192. The number of anilines is 3. The molecule has 4 rings (SSSR count). The van der Waals surface area contributed by atoms with E-state index in [1.807, 2.05) is 55.3 Å². The van der Waals surface area contributed by atoms with Crippen molar-refractivity contribution in [3.05, 3.63) is 77.0 Å². The Balaban J connectivity index is 1.59. The lowest BCUT2D eigenvalue weighted by atomic mass is 10.1. The van der Waals surface area contributed by atoms with Crippen molar-refractivity contribution in [1.29, 1.82) is 0 Å². The number of imidazole rings is 1. The Morgan fingerprint density at radius 2 is 1.75 bits per heavy atom. The number of ether oxygens (including phenoxy) is 1. The molecule has 0 aliphatic heterocycles. The molecule has 0 aliphatic carbocycles. The lowest BCUT2D eigenvalue weighted by molar-refractivity contribution is 0.154. The van der Waals surface area contributed by atoms with E-state index in [0.717, 1.165) is 22.5 Å². The summed E-state index contributed by atoms with van der Waals surface area (Å²) in [4.78, 5) is 27.0. The first-order chi connectivity index (χ1) is 17.4. The number of rotatable bonds is 9. The van der Waals surface area contributed by atoms with Gasteiger partial charge in [-0.15, -0.1) is 0 Å². The normalized spacial score (nSPS) is 10.8. The van der Waals surface area contributed by atoms with Crippen LogP contribution in [0, 0.1) is 0 Å². The van der Waals surface area contributed by atoms with Crippen LogP contribution in [-0.2, 0) is 4.74 Å². The van der Waals surface area contributed by atoms with E-state index < -0.39 is 6.03 Å². The van der Waals surface area contributed by atoms with Gasteiger partial charge in [0, 0.05) is 55.1 Å². The van der Waals surface area contributed by atoms with Crippen molar-refractivity contribution in [3.63, 3.8) is 0 Å². The first-order valence-electron chi connectivity index (χ1n) is 11.4. The summed E-state index contributed by atoms with van der Waals surface area (Å²) in [6.45, 7) is 3.92. The van der Waals surface area contributed by atoms with Crippen molar-refractivity contribution >= 4 is 46.6 Å². The third kappa shape index (κ3) is 6.34. The smallest absolute Gasteiger partial charge is 0.323 e. The average Bonchev–Trinajstić information content (AvgIpc) is 3.33. The molecule has 3 N–H and O–H groups in total. The van der Waals surface area contributed by atoms with Crippen LogP contribution in [0.4, 0.5) is 22.1 Å². The maximum atomic E-state index is 12.6. The lowest BCUT2D eigenvalue weighted by Crippen LogP contribution is -2.23. The Bertz CT molecular complexity index is 1330. The van der Waals surface area contributed by atoms with Gasteiger partial charge in [-0.05, 0) is 49.4 Å². The van der Waals surface area contributed by atoms with E-state index in [2.05, 4.69) is 20.6 Å². The number of urea groups is 1. The molecular weight excluding hydrogens is 499 g/mol. The van der Waals surface area contributed by atoms with E-state index in [1.165, 1.54) is 0 Å². The minimum atomic E-state index is -0.404. The van der Waals surface area contributed by atoms with Gasteiger partial charge >= 0.3 is 6.03 Å². The molecule has 0 aliphatic rings. The van der Waals surface area contributed by atoms with Gasteiger partial charge in [0.2, 0.25) is 5.95 Å². The van der Waals surface area contributed by atoms with Crippen LogP contribution in [0.15, 0.2) is 67.0 Å². The summed E-state index contributed by atoms with van der Waals surface area (Å²) >= 11 is 12.0. The van der Waals surface area contributed by atoms with E-state index in [1.54, 1.807) is 30.6 Å². The summed E-state index contributed by atoms with van der Waals surface area (Å²) in [6, 6.07) is 15.8. The number of nitrogens with one attached hydrogen (secondary N) is 3. The largest absolute Gasteiger partial charge is 0.380 e. The number of H-pyrrole nitrogens is 1. The van der Waals surface area contributed by atoms with Gasteiger partial charge in [-0.3, -0.25) is 4.98 Å². The zero-order valence-electron chi connectivity index (χ0n) is 19.9. The fourth-order valence-corrected chi connectivity index (χ4v) is 3.84. The van der Waals surface area contributed by atoms with Gasteiger partial charge in [0.15, 0.2) is 0 Å². The third-order valence-corrected chi connectivity index (χ3v) is 6.11. The Kier molecular flexibility index (Phi) is 8.43. The molecule has 0 atom stereocenters. The molecule has 2 aromatic carbocycles. The lowest BCUT2D eigenvalue weighted by Gasteiger charge is -2.15. The number of likely N-dealkylation sites (N-methyl/N-ethyl adjacent to an activating group) is 1. The average molecular weight is 525 g/mol. The van der Waals surface area contributed by atoms with Gasteiger partial charge < -0.3 is 25.3 Å². The number of carbonyl (C=O) groups is 1. The Hall–Kier alpha value is -3.59. The highest BCUT2D eigenvalue weighted by Gasteiger charge is 2.17. The molecule has 0 fully saturated rings. The van der Waals surface area contributed by atoms with Gasteiger partial charge in [-0.25, -0.2) is 9.78 Å².